The van der Waals surface area contributed by atoms with Crippen LogP contribution in [-0.4, -0.2) is 74.2 Å². The Morgan fingerprint density at radius 2 is 1.60 bits per heavy atom. The minimum Gasteiger partial charge on any atom is -0.497 e. The first-order chi connectivity index (χ1) is 21.1. The average molecular weight is 665 g/mol. The van der Waals surface area contributed by atoms with Crippen molar-refractivity contribution in [3.63, 3.8) is 0 Å². The number of rotatable bonds is 13. The van der Waals surface area contributed by atoms with Crippen molar-refractivity contribution < 1.29 is 37.0 Å². The zero-order chi connectivity index (χ0) is 33.6. The number of benzene rings is 1. The van der Waals surface area contributed by atoms with Crippen LogP contribution in [0.25, 0.3) is 0 Å². The van der Waals surface area contributed by atoms with Gasteiger partial charge in [-0.2, -0.15) is 0 Å². The molecule has 0 aromatic heterocycles. The highest BCUT2D eigenvalue weighted by molar-refractivity contribution is 6.74. The van der Waals surface area contributed by atoms with Gasteiger partial charge in [0.2, 0.25) is 0 Å². The van der Waals surface area contributed by atoms with Crippen molar-refractivity contribution in [1.29, 1.82) is 0 Å². The Hall–Kier alpha value is -1.54. The molecule has 2 fully saturated rings. The van der Waals surface area contributed by atoms with Crippen LogP contribution in [0, 0.1) is 5.92 Å². The van der Waals surface area contributed by atoms with Gasteiger partial charge in [0, 0.05) is 28.5 Å². The van der Waals surface area contributed by atoms with E-state index in [0.29, 0.717) is 13.2 Å². The van der Waals surface area contributed by atoms with Gasteiger partial charge in [0.25, 0.3) is 0 Å². The van der Waals surface area contributed by atoms with E-state index in [4.69, 9.17) is 32.2 Å². The van der Waals surface area contributed by atoms with Gasteiger partial charge in [-0.3, -0.25) is 0 Å². The Balaban J connectivity index is 1.96. The van der Waals surface area contributed by atoms with Crippen LogP contribution in [0.3, 0.4) is 0 Å². The van der Waals surface area contributed by atoms with E-state index in [1.165, 1.54) is 13.2 Å². The van der Waals surface area contributed by atoms with Gasteiger partial charge in [0.05, 0.1) is 51.8 Å². The zero-order valence-electron chi connectivity index (χ0n) is 29.9. The molecule has 3 rings (SSSR count). The average Bonchev–Trinajstić information content (AvgIpc) is 3.01. The van der Waals surface area contributed by atoms with Crippen LogP contribution in [0.15, 0.2) is 36.4 Å². The van der Waals surface area contributed by atoms with Crippen LogP contribution in [-0.2, 0) is 38.9 Å². The van der Waals surface area contributed by atoms with E-state index >= 15 is 0 Å². The Morgan fingerprint density at radius 3 is 2.11 bits per heavy atom. The van der Waals surface area contributed by atoms with Crippen LogP contribution in [0.5, 0.6) is 5.75 Å². The fraction of sp³-hybridized carbons (Fsp3) is 0.743. The van der Waals surface area contributed by atoms with Crippen molar-refractivity contribution >= 4 is 22.8 Å². The minimum absolute atomic E-state index is 0.112. The predicted octanol–water partition coefficient (Wildman–Crippen LogP) is 7.95. The Kier molecular flexibility index (Phi) is 13.1. The summed E-state index contributed by atoms with van der Waals surface area (Å²) in [7, 11) is -1.67. The molecule has 10 heteroatoms. The van der Waals surface area contributed by atoms with E-state index in [1.54, 1.807) is 13.2 Å². The van der Waals surface area contributed by atoms with E-state index in [2.05, 4.69) is 69.2 Å². The van der Waals surface area contributed by atoms with E-state index in [-0.39, 0.29) is 40.4 Å². The SMILES string of the molecule is CC[Si](CC)(CC)O[C@H]1C[C@H]2O[Si](C(C)(C)C)(C(C)(C)C)OC[C@H]2O[C@H]1[C@H](C)[C@H](/C=C/C(=O)OC)OCc1ccc(OC)cc1. The van der Waals surface area contributed by atoms with Crippen molar-refractivity contribution in [1.82, 2.24) is 0 Å². The Bertz CT molecular complexity index is 1080. The summed E-state index contributed by atoms with van der Waals surface area (Å²) < 4.78 is 45.0. The molecule has 1 aromatic rings. The van der Waals surface area contributed by atoms with Crippen molar-refractivity contribution in [2.75, 3.05) is 20.8 Å². The molecule has 2 aliphatic heterocycles. The van der Waals surface area contributed by atoms with Crippen molar-refractivity contribution in [2.45, 2.75) is 141 Å². The molecular weight excluding hydrogens is 605 g/mol. The molecule has 2 saturated heterocycles. The number of methoxy groups -OCH3 is 2. The van der Waals surface area contributed by atoms with Crippen LogP contribution in [0.1, 0.15) is 81.2 Å². The summed E-state index contributed by atoms with van der Waals surface area (Å²) >= 11 is 0. The number of carbonyl (C=O) groups is 1. The number of hydrogen-bond acceptors (Lipinski definition) is 8. The molecule has 0 unspecified atom stereocenters. The summed E-state index contributed by atoms with van der Waals surface area (Å²) in [6.07, 6.45) is 2.77. The fourth-order valence-electron chi connectivity index (χ4n) is 7.14. The largest absolute Gasteiger partial charge is 0.497 e. The van der Waals surface area contributed by atoms with Crippen LogP contribution >= 0.6 is 0 Å². The second kappa shape index (κ2) is 15.6. The van der Waals surface area contributed by atoms with Gasteiger partial charge in [-0.1, -0.05) is 81.4 Å². The first-order valence-electron chi connectivity index (χ1n) is 16.7. The van der Waals surface area contributed by atoms with Crippen LogP contribution in [0.4, 0.5) is 0 Å². The predicted molar refractivity (Wildman–Crippen MR) is 183 cm³/mol. The quantitative estimate of drug-likeness (QED) is 0.119. The first-order valence-corrected chi connectivity index (χ1v) is 21.1. The van der Waals surface area contributed by atoms with Gasteiger partial charge < -0.3 is 32.2 Å². The van der Waals surface area contributed by atoms with Crippen LogP contribution in [0.2, 0.25) is 28.2 Å². The maximum absolute atomic E-state index is 12.2. The fourth-order valence-corrected chi connectivity index (χ4v) is 15.0. The van der Waals surface area contributed by atoms with E-state index in [1.807, 2.05) is 24.3 Å². The standard InChI is InChI=1S/C35H60O8Si2/c1-13-44(14-2,15-3)42-30-22-29-31(24-40-45(43-29,34(5,6)7)35(8,9)10)41-33(30)25(4)28(20-21-32(36)38-12)39-23-26-16-18-27(37-11)19-17-26/h16-21,25,28-31,33H,13-15,22-24H2,1-12H3/b21-20+/t25-,28+,29-,30+,31-,33+/m1/s1. The molecule has 6 atom stereocenters. The summed E-state index contributed by atoms with van der Waals surface area (Å²) in [5, 5.41) is -0.241. The summed E-state index contributed by atoms with van der Waals surface area (Å²) in [4.78, 5) is 12.2. The Labute approximate surface area is 274 Å². The van der Waals surface area contributed by atoms with E-state index in [9.17, 15) is 4.79 Å². The lowest BCUT2D eigenvalue weighted by molar-refractivity contribution is -0.215. The molecule has 0 aliphatic carbocycles. The molecule has 2 aliphatic rings. The second-order valence-electron chi connectivity index (χ2n) is 14.7. The molecule has 1 aromatic carbocycles. The maximum atomic E-state index is 12.2. The van der Waals surface area contributed by atoms with Gasteiger partial charge in [0.1, 0.15) is 11.9 Å². The highest BCUT2D eigenvalue weighted by atomic mass is 28.4. The number of hydrogen-bond donors (Lipinski definition) is 0. The molecule has 0 radical (unpaired) electrons. The molecule has 0 N–H and O–H groups in total. The van der Waals surface area contributed by atoms with Crippen molar-refractivity contribution in [2.24, 2.45) is 5.92 Å². The smallest absolute Gasteiger partial charge is 0.349 e. The second-order valence-corrected chi connectivity index (χ2v) is 24.2. The minimum atomic E-state index is -2.69. The third-order valence-electron chi connectivity index (χ3n) is 9.92. The van der Waals surface area contributed by atoms with Crippen molar-refractivity contribution in [3.8, 4) is 5.75 Å². The molecule has 2 heterocycles. The number of carbonyl (C=O) groups excluding carboxylic acids is 1. The summed E-state index contributed by atoms with van der Waals surface area (Å²) in [6, 6.07) is 10.9. The first kappa shape index (κ1) is 37.9. The summed E-state index contributed by atoms with van der Waals surface area (Å²) in [6.45, 7) is 23.2. The third kappa shape index (κ3) is 8.69. The van der Waals surface area contributed by atoms with Gasteiger partial charge in [-0.05, 0) is 41.9 Å². The van der Waals surface area contributed by atoms with E-state index in [0.717, 1.165) is 35.9 Å². The lowest BCUT2D eigenvalue weighted by Gasteiger charge is -2.57. The molecule has 0 saturated carbocycles. The van der Waals surface area contributed by atoms with Crippen molar-refractivity contribution in [3.05, 3.63) is 42.0 Å². The number of fused-ring (bicyclic) bond motifs is 1. The number of esters is 1. The zero-order valence-corrected chi connectivity index (χ0v) is 31.9. The highest BCUT2D eigenvalue weighted by Crippen LogP contribution is 2.55. The lowest BCUT2D eigenvalue weighted by atomic mass is 9.87. The Morgan fingerprint density at radius 1 is 1.00 bits per heavy atom. The maximum Gasteiger partial charge on any atom is 0.349 e. The monoisotopic (exact) mass is 664 g/mol. The molecule has 256 valence electrons. The van der Waals surface area contributed by atoms with Gasteiger partial charge >= 0.3 is 14.5 Å². The molecule has 0 bridgehead atoms. The molecular formula is C35H60O8Si2. The highest BCUT2D eigenvalue weighted by Gasteiger charge is 2.63. The molecule has 45 heavy (non-hydrogen) atoms. The van der Waals surface area contributed by atoms with E-state index < -0.39 is 29.0 Å². The molecule has 0 amide bonds. The van der Waals surface area contributed by atoms with Crippen LogP contribution < -0.4 is 4.74 Å². The molecule has 8 nitrogen and oxygen atoms in total. The third-order valence-corrected chi connectivity index (χ3v) is 19.7. The number of ether oxygens (including phenoxy) is 4. The lowest BCUT2D eigenvalue weighted by Crippen LogP contribution is -2.68. The topological polar surface area (TPSA) is 81.7 Å². The summed E-state index contributed by atoms with van der Waals surface area (Å²) in [5.41, 5.74) is 1.01. The van der Waals surface area contributed by atoms with Gasteiger partial charge in [-0.25, -0.2) is 4.79 Å². The molecule has 0 spiro atoms. The van der Waals surface area contributed by atoms with Gasteiger partial charge in [0.15, 0.2) is 8.32 Å². The normalized spacial score (nSPS) is 25.4. The van der Waals surface area contributed by atoms with Gasteiger partial charge in [-0.15, -0.1) is 0 Å². The summed E-state index contributed by atoms with van der Waals surface area (Å²) in [5.74, 6) is 0.227.